The van der Waals surface area contributed by atoms with E-state index in [1.807, 2.05) is 19.1 Å². The Kier molecular flexibility index (Phi) is 4.56. The van der Waals surface area contributed by atoms with Crippen LogP contribution in [0, 0.1) is 5.92 Å². The van der Waals surface area contributed by atoms with Crippen LogP contribution in [0.5, 0.6) is 11.5 Å². The zero-order valence-corrected chi connectivity index (χ0v) is 13.1. The van der Waals surface area contributed by atoms with Gasteiger partial charge in [-0.2, -0.15) is 0 Å². The van der Waals surface area contributed by atoms with Gasteiger partial charge in [-0.05, 0) is 30.9 Å². The summed E-state index contributed by atoms with van der Waals surface area (Å²) in [6.45, 7) is 6.80. The number of ether oxygens (including phenoxy) is 1. The molecule has 2 aromatic rings. The van der Waals surface area contributed by atoms with Gasteiger partial charge in [0.15, 0.2) is 0 Å². The predicted molar refractivity (Wildman–Crippen MR) is 85.3 cm³/mol. The van der Waals surface area contributed by atoms with Crippen molar-refractivity contribution < 1.29 is 9.84 Å². The van der Waals surface area contributed by atoms with Crippen molar-refractivity contribution in [1.29, 1.82) is 0 Å². The number of nitrogens with zero attached hydrogens (tertiary/aromatic N) is 1. The highest BCUT2D eigenvalue weighted by Gasteiger charge is 2.15. The van der Waals surface area contributed by atoms with Gasteiger partial charge in [0, 0.05) is 18.0 Å². The number of aryl methyl sites for hydroxylation is 1. The lowest BCUT2D eigenvalue weighted by Crippen LogP contribution is -2.24. The third-order valence-corrected chi connectivity index (χ3v) is 3.82. The highest BCUT2D eigenvalue weighted by atomic mass is 16.5. The fourth-order valence-electron chi connectivity index (χ4n) is 2.53. The van der Waals surface area contributed by atoms with Crippen LogP contribution in [0.4, 0.5) is 0 Å². The zero-order valence-electron chi connectivity index (χ0n) is 13.1. The Morgan fingerprint density at radius 1 is 1.33 bits per heavy atom. The fourth-order valence-corrected chi connectivity index (χ4v) is 2.53. The van der Waals surface area contributed by atoms with Crippen molar-refractivity contribution in [3.8, 4) is 11.5 Å². The van der Waals surface area contributed by atoms with Gasteiger partial charge in [0.2, 0.25) is 0 Å². The van der Waals surface area contributed by atoms with E-state index >= 15 is 0 Å². The second-order valence-electron chi connectivity index (χ2n) is 5.70. The van der Waals surface area contributed by atoms with Crippen molar-refractivity contribution in [3.63, 3.8) is 0 Å². The Morgan fingerprint density at radius 3 is 2.62 bits per heavy atom. The maximum Gasteiger partial charge on any atom is 0.257 e. The molecule has 4 heteroatoms. The second-order valence-corrected chi connectivity index (χ2v) is 5.70. The Morgan fingerprint density at radius 2 is 2.05 bits per heavy atom. The van der Waals surface area contributed by atoms with Gasteiger partial charge >= 0.3 is 0 Å². The van der Waals surface area contributed by atoms with E-state index in [-0.39, 0.29) is 11.3 Å². The minimum Gasteiger partial charge on any atom is -0.507 e. The molecule has 0 aliphatic heterocycles. The average Bonchev–Trinajstić information content (AvgIpc) is 2.46. The van der Waals surface area contributed by atoms with Crippen LogP contribution in [0.25, 0.3) is 10.9 Å². The van der Waals surface area contributed by atoms with E-state index in [2.05, 4.69) is 13.8 Å². The third-order valence-electron chi connectivity index (χ3n) is 3.82. The van der Waals surface area contributed by atoms with E-state index in [9.17, 15) is 9.90 Å². The highest BCUT2D eigenvalue weighted by molar-refractivity contribution is 5.87. The highest BCUT2D eigenvalue weighted by Crippen LogP contribution is 2.29. The topological polar surface area (TPSA) is 51.5 Å². The maximum atomic E-state index is 12.6. The summed E-state index contributed by atoms with van der Waals surface area (Å²) >= 11 is 0. The molecule has 0 unspecified atom stereocenters. The van der Waals surface area contributed by atoms with Gasteiger partial charge in [-0.3, -0.25) is 4.79 Å². The first-order valence-electron chi connectivity index (χ1n) is 7.42. The number of methoxy groups -OCH3 is 1. The normalized spacial score (nSPS) is 11.3. The molecule has 1 N–H and O–H groups in total. The Bertz CT molecular complexity index is 701. The van der Waals surface area contributed by atoms with E-state index in [4.69, 9.17) is 4.74 Å². The van der Waals surface area contributed by atoms with Gasteiger partial charge in [0.05, 0.1) is 18.2 Å². The Labute approximate surface area is 125 Å². The first-order valence-corrected chi connectivity index (χ1v) is 7.42. The van der Waals surface area contributed by atoms with Crippen LogP contribution in [0.2, 0.25) is 0 Å². The lowest BCUT2D eigenvalue weighted by atomic mass is 10.1. The molecule has 0 aliphatic carbocycles. The molecule has 0 saturated heterocycles. The van der Waals surface area contributed by atoms with Gasteiger partial charge in [0.1, 0.15) is 11.5 Å². The minimum absolute atomic E-state index is 0.0981. The van der Waals surface area contributed by atoms with Gasteiger partial charge in [-0.15, -0.1) is 0 Å². The number of pyridine rings is 1. The molecule has 1 aromatic carbocycles. The molecule has 0 aliphatic rings. The first-order chi connectivity index (χ1) is 9.99. The summed E-state index contributed by atoms with van der Waals surface area (Å²) in [4.78, 5) is 12.6. The van der Waals surface area contributed by atoms with Gasteiger partial charge < -0.3 is 14.4 Å². The van der Waals surface area contributed by atoms with Crippen LogP contribution in [0.15, 0.2) is 23.0 Å². The van der Waals surface area contributed by atoms with Crippen molar-refractivity contribution >= 4 is 10.9 Å². The quantitative estimate of drug-likeness (QED) is 0.918. The molecule has 4 nitrogen and oxygen atoms in total. The van der Waals surface area contributed by atoms with Crippen molar-refractivity contribution in [1.82, 2.24) is 4.57 Å². The molecule has 114 valence electrons. The Hall–Kier alpha value is -1.97. The van der Waals surface area contributed by atoms with Crippen molar-refractivity contribution in [2.45, 2.75) is 40.2 Å². The molecular formula is C17H23NO3. The summed E-state index contributed by atoms with van der Waals surface area (Å²) < 4.78 is 7.00. The number of hydrogen-bond donors (Lipinski definition) is 1. The molecule has 0 atom stereocenters. The van der Waals surface area contributed by atoms with Crippen LogP contribution >= 0.6 is 0 Å². The molecular weight excluding hydrogens is 266 g/mol. The molecule has 0 amide bonds. The minimum atomic E-state index is -0.101. The van der Waals surface area contributed by atoms with E-state index in [1.165, 1.54) is 0 Å². The Balaban J connectivity index is 2.74. The predicted octanol–water partition coefficient (Wildman–Crippen LogP) is 3.32. The van der Waals surface area contributed by atoms with Crippen LogP contribution in [0.3, 0.4) is 0 Å². The van der Waals surface area contributed by atoms with Crippen LogP contribution in [-0.2, 0) is 13.0 Å². The van der Waals surface area contributed by atoms with Crippen LogP contribution in [-0.4, -0.2) is 16.8 Å². The van der Waals surface area contributed by atoms with E-state index in [1.54, 1.807) is 17.7 Å². The van der Waals surface area contributed by atoms with E-state index in [0.29, 0.717) is 35.6 Å². The number of rotatable bonds is 5. The van der Waals surface area contributed by atoms with Crippen molar-refractivity contribution in [2.24, 2.45) is 5.92 Å². The number of aromatic nitrogens is 1. The zero-order chi connectivity index (χ0) is 15.6. The van der Waals surface area contributed by atoms with Crippen molar-refractivity contribution in [2.75, 3.05) is 7.11 Å². The maximum absolute atomic E-state index is 12.6. The molecule has 2 rings (SSSR count). The molecule has 1 aromatic heterocycles. The van der Waals surface area contributed by atoms with Gasteiger partial charge in [-0.1, -0.05) is 20.8 Å². The van der Waals surface area contributed by atoms with Gasteiger partial charge in [-0.25, -0.2) is 0 Å². The molecule has 0 spiro atoms. The number of aromatic hydroxyl groups is 1. The SMILES string of the molecule is CCc1c(O)c2ccc(OC)cc2n(CCC(C)C)c1=O. The molecule has 0 bridgehead atoms. The van der Waals surface area contributed by atoms with Crippen LogP contribution < -0.4 is 10.3 Å². The van der Waals surface area contributed by atoms with Crippen molar-refractivity contribution in [3.05, 3.63) is 34.1 Å². The van der Waals surface area contributed by atoms with E-state index < -0.39 is 0 Å². The average molecular weight is 289 g/mol. The standard InChI is InChI=1S/C17H23NO3/c1-5-13-16(19)14-7-6-12(21-4)10-15(14)18(17(13)20)9-8-11(2)3/h6-7,10-11,19H,5,8-9H2,1-4H3. The summed E-state index contributed by atoms with van der Waals surface area (Å²) in [5, 5.41) is 11.0. The largest absolute Gasteiger partial charge is 0.507 e. The summed E-state index contributed by atoms with van der Waals surface area (Å²) in [6.07, 6.45) is 1.44. The fraction of sp³-hybridized carbons (Fsp3) is 0.471. The molecule has 0 radical (unpaired) electrons. The number of hydrogen-bond acceptors (Lipinski definition) is 3. The number of fused-ring (bicyclic) bond motifs is 1. The lowest BCUT2D eigenvalue weighted by Gasteiger charge is -2.16. The summed E-state index contributed by atoms with van der Waals surface area (Å²) in [5.41, 5.74) is 1.11. The monoisotopic (exact) mass is 289 g/mol. The molecule has 0 saturated carbocycles. The lowest BCUT2D eigenvalue weighted by molar-refractivity contribution is 0.414. The van der Waals surface area contributed by atoms with Crippen LogP contribution in [0.1, 0.15) is 32.8 Å². The summed E-state index contributed by atoms with van der Waals surface area (Å²) in [7, 11) is 1.60. The second kappa shape index (κ2) is 6.20. The first kappa shape index (κ1) is 15.4. The van der Waals surface area contributed by atoms with Gasteiger partial charge in [0.25, 0.3) is 5.56 Å². The summed E-state index contributed by atoms with van der Waals surface area (Å²) in [6, 6.07) is 5.43. The molecule has 0 fully saturated rings. The molecule has 21 heavy (non-hydrogen) atoms. The van der Waals surface area contributed by atoms with E-state index in [0.717, 1.165) is 11.9 Å². The molecule has 1 heterocycles. The third kappa shape index (κ3) is 2.89. The summed E-state index contributed by atoms with van der Waals surface area (Å²) in [5.74, 6) is 1.29. The smallest absolute Gasteiger partial charge is 0.257 e. The number of benzene rings is 1.